The van der Waals surface area contributed by atoms with Gasteiger partial charge in [0.1, 0.15) is 0 Å². The molecule has 1 aliphatic rings. The van der Waals surface area contributed by atoms with Gasteiger partial charge in [0.2, 0.25) is 5.91 Å². The average Bonchev–Trinajstić information content (AvgIpc) is 2.35. The van der Waals surface area contributed by atoms with Gasteiger partial charge in [-0.2, -0.15) is 0 Å². The van der Waals surface area contributed by atoms with Crippen molar-refractivity contribution in [2.24, 2.45) is 11.8 Å². The zero-order valence-electron chi connectivity index (χ0n) is 10.4. The molecule has 0 radical (unpaired) electrons. The summed E-state index contributed by atoms with van der Waals surface area (Å²) < 4.78 is 4.81. The molecule has 3 unspecified atom stereocenters. The third-order valence-electron chi connectivity index (χ3n) is 3.31. The van der Waals surface area contributed by atoms with Gasteiger partial charge >= 0.3 is 5.97 Å². The Labute approximate surface area is 111 Å². The highest BCUT2D eigenvalue weighted by Crippen LogP contribution is 2.30. The van der Waals surface area contributed by atoms with Crippen molar-refractivity contribution in [2.45, 2.75) is 37.4 Å². The van der Waals surface area contributed by atoms with E-state index in [2.05, 4.69) is 21.2 Å². The zero-order chi connectivity index (χ0) is 12.8. The lowest BCUT2D eigenvalue weighted by atomic mass is 9.79. The lowest BCUT2D eigenvalue weighted by molar-refractivity contribution is -0.148. The number of alkyl halides is 1. The second-order valence-corrected chi connectivity index (χ2v) is 5.91. The van der Waals surface area contributed by atoms with Crippen molar-refractivity contribution in [2.75, 3.05) is 13.7 Å². The highest BCUT2D eigenvalue weighted by atomic mass is 79.9. The van der Waals surface area contributed by atoms with Crippen molar-refractivity contribution >= 4 is 27.8 Å². The Morgan fingerprint density at radius 1 is 1.41 bits per heavy atom. The van der Waals surface area contributed by atoms with E-state index in [0.29, 0.717) is 6.54 Å². The van der Waals surface area contributed by atoms with E-state index < -0.39 is 0 Å². The monoisotopic (exact) mass is 305 g/mol. The molecule has 0 bridgehead atoms. The predicted molar refractivity (Wildman–Crippen MR) is 68.9 cm³/mol. The first-order valence-corrected chi connectivity index (χ1v) is 6.97. The lowest BCUT2D eigenvalue weighted by Gasteiger charge is -2.29. The molecule has 0 saturated heterocycles. The molecule has 1 saturated carbocycles. The molecule has 0 spiro atoms. The van der Waals surface area contributed by atoms with Crippen LogP contribution in [-0.2, 0) is 14.3 Å². The van der Waals surface area contributed by atoms with Gasteiger partial charge in [0, 0.05) is 6.54 Å². The molecule has 1 rings (SSSR count). The maximum Gasteiger partial charge on any atom is 0.309 e. The van der Waals surface area contributed by atoms with Gasteiger partial charge in [-0.3, -0.25) is 9.59 Å². The minimum atomic E-state index is -0.192. The Morgan fingerprint density at radius 2 is 2.06 bits per heavy atom. The first-order chi connectivity index (χ1) is 8.06. The van der Waals surface area contributed by atoms with Gasteiger partial charge in [0.25, 0.3) is 0 Å². The Hall–Kier alpha value is -0.580. The molecule has 1 amide bonds. The number of nitrogens with one attached hydrogen (secondary N) is 1. The van der Waals surface area contributed by atoms with Crippen molar-refractivity contribution in [3.8, 4) is 0 Å². The number of halogens is 1. The number of carbonyl (C=O) groups is 2. The molecule has 4 nitrogen and oxygen atoms in total. The Balaban J connectivity index is 2.48. The molecule has 17 heavy (non-hydrogen) atoms. The van der Waals surface area contributed by atoms with Crippen LogP contribution in [0.25, 0.3) is 0 Å². The Morgan fingerprint density at radius 3 is 2.65 bits per heavy atom. The van der Waals surface area contributed by atoms with E-state index in [1.165, 1.54) is 7.11 Å². The maximum atomic E-state index is 11.6. The van der Waals surface area contributed by atoms with E-state index in [4.69, 9.17) is 4.74 Å². The summed E-state index contributed by atoms with van der Waals surface area (Å²) in [5.74, 6) is -0.0129. The van der Waals surface area contributed by atoms with Crippen LogP contribution in [0.1, 0.15) is 32.6 Å². The summed E-state index contributed by atoms with van der Waals surface area (Å²) in [5.41, 5.74) is 0. The number of carbonyl (C=O) groups excluding carboxylic acids is 2. The smallest absolute Gasteiger partial charge is 0.309 e. The molecule has 1 aliphatic carbocycles. The largest absolute Gasteiger partial charge is 0.469 e. The van der Waals surface area contributed by atoms with Crippen LogP contribution in [0.2, 0.25) is 0 Å². The zero-order valence-corrected chi connectivity index (χ0v) is 12.0. The number of amides is 1. The van der Waals surface area contributed by atoms with Crippen molar-refractivity contribution in [1.29, 1.82) is 0 Å². The van der Waals surface area contributed by atoms with Crippen LogP contribution in [0.4, 0.5) is 0 Å². The molecule has 0 aromatic rings. The normalized spacial score (nSPS) is 26.1. The van der Waals surface area contributed by atoms with Gasteiger partial charge in [-0.25, -0.2) is 0 Å². The van der Waals surface area contributed by atoms with Crippen molar-refractivity contribution < 1.29 is 14.3 Å². The Kier molecular flexibility index (Phi) is 5.95. The number of methoxy groups -OCH3 is 1. The molecule has 0 aliphatic heterocycles. The topological polar surface area (TPSA) is 55.4 Å². The molecular formula is C12H20BrNO3. The van der Waals surface area contributed by atoms with Gasteiger partial charge in [0.05, 0.1) is 17.9 Å². The number of esters is 1. The Bertz CT molecular complexity index is 281. The van der Waals surface area contributed by atoms with Crippen LogP contribution in [0.15, 0.2) is 0 Å². The van der Waals surface area contributed by atoms with Gasteiger partial charge in [-0.1, -0.05) is 28.8 Å². The van der Waals surface area contributed by atoms with Crippen molar-refractivity contribution in [3.05, 3.63) is 0 Å². The third-order valence-corrected chi connectivity index (χ3v) is 3.73. The number of hydrogen-bond donors (Lipinski definition) is 1. The van der Waals surface area contributed by atoms with Gasteiger partial charge < -0.3 is 10.1 Å². The second-order valence-electron chi connectivity index (χ2n) is 4.54. The average molecular weight is 306 g/mol. The fraction of sp³-hybridized carbons (Fsp3) is 0.833. The van der Waals surface area contributed by atoms with Crippen LogP contribution in [0, 0.1) is 11.8 Å². The summed E-state index contributed by atoms with van der Waals surface area (Å²) in [5, 5.41) is 2.87. The number of ether oxygens (including phenoxy) is 1. The fourth-order valence-electron chi connectivity index (χ4n) is 2.29. The summed E-state index contributed by atoms with van der Waals surface area (Å²) >= 11 is 3.22. The van der Waals surface area contributed by atoms with Crippen LogP contribution in [-0.4, -0.2) is 30.4 Å². The highest BCUT2D eigenvalue weighted by Gasteiger charge is 2.31. The number of rotatable bonds is 4. The SMILES string of the molecule is COC(=O)C1CCCCC1CNC(=O)C(C)Br. The first kappa shape index (κ1) is 14.5. The van der Waals surface area contributed by atoms with Crippen LogP contribution in [0.5, 0.6) is 0 Å². The molecule has 0 aromatic heterocycles. The summed E-state index contributed by atoms with van der Waals surface area (Å²) in [4.78, 5) is 22.9. The van der Waals surface area contributed by atoms with Crippen LogP contribution in [0.3, 0.4) is 0 Å². The summed E-state index contributed by atoms with van der Waals surface area (Å²) in [6.45, 7) is 2.35. The van der Waals surface area contributed by atoms with E-state index in [1.54, 1.807) is 6.92 Å². The molecule has 1 fully saturated rings. The minimum Gasteiger partial charge on any atom is -0.469 e. The molecule has 1 N–H and O–H groups in total. The number of hydrogen-bond acceptors (Lipinski definition) is 3. The molecular weight excluding hydrogens is 286 g/mol. The molecule has 0 heterocycles. The summed E-state index contributed by atoms with van der Waals surface area (Å²) in [6, 6.07) is 0. The fourth-order valence-corrected chi connectivity index (χ4v) is 2.45. The van der Waals surface area contributed by atoms with Crippen LogP contribution >= 0.6 is 15.9 Å². The first-order valence-electron chi connectivity index (χ1n) is 6.06. The van der Waals surface area contributed by atoms with E-state index in [-0.39, 0.29) is 28.5 Å². The standard InChI is InChI=1S/C12H20BrNO3/c1-8(13)11(15)14-7-9-5-3-4-6-10(9)12(16)17-2/h8-10H,3-7H2,1-2H3,(H,14,15). The van der Waals surface area contributed by atoms with E-state index >= 15 is 0 Å². The molecule has 0 aromatic carbocycles. The molecule has 5 heteroatoms. The third kappa shape index (κ3) is 4.30. The van der Waals surface area contributed by atoms with Gasteiger partial charge in [-0.05, 0) is 25.7 Å². The highest BCUT2D eigenvalue weighted by molar-refractivity contribution is 9.10. The lowest BCUT2D eigenvalue weighted by Crippen LogP contribution is -2.39. The second kappa shape index (κ2) is 6.99. The summed E-state index contributed by atoms with van der Waals surface area (Å²) in [7, 11) is 1.42. The van der Waals surface area contributed by atoms with Crippen molar-refractivity contribution in [3.63, 3.8) is 0 Å². The minimum absolute atomic E-state index is 0.0285. The van der Waals surface area contributed by atoms with E-state index in [9.17, 15) is 9.59 Å². The van der Waals surface area contributed by atoms with Crippen LogP contribution < -0.4 is 5.32 Å². The molecule has 98 valence electrons. The van der Waals surface area contributed by atoms with Crippen molar-refractivity contribution in [1.82, 2.24) is 5.32 Å². The van der Waals surface area contributed by atoms with E-state index in [0.717, 1.165) is 25.7 Å². The van der Waals surface area contributed by atoms with Gasteiger partial charge in [0.15, 0.2) is 0 Å². The quantitative estimate of drug-likeness (QED) is 0.637. The molecule has 3 atom stereocenters. The van der Waals surface area contributed by atoms with E-state index in [1.807, 2.05) is 0 Å². The van der Waals surface area contributed by atoms with Gasteiger partial charge in [-0.15, -0.1) is 0 Å². The summed E-state index contributed by atoms with van der Waals surface area (Å²) in [6.07, 6.45) is 4.05. The predicted octanol–water partition coefficient (Wildman–Crippen LogP) is 1.87. The maximum absolute atomic E-state index is 11.6.